The Morgan fingerprint density at radius 1 is 1.29 bits per heavy atom. The van der Waals surface area contributed by atoms with Crippen molar-refractivity contribution in [1.82, 2.24) is 19.6 Å². The maximum Gasteiger partial charge on any atom is 0.254 e. The molecule has 2 aromatic heterocycles. The van der Waals surface area contributed by atoms with Crippen LogP contribution in [-0.4, -0.2) is 33.2 Å². The molecule has 0 aromatic carbocycles. The van der Waals surface area contributed by atoms with Crippen molar-refractivity contribution in [2.75, 3.05) is 18.5 Å². The van der Waals surface area contributed by atoms with Crippen LogP contribution in [0, 0.1) is 13.8 Å². The van der Waals surface area contributed by atoms with Crippen LogP contribution in [-0.2, 0) is 0 Å². The van der Waals surface area contributed by atoms with E-state index in [0.29, 0.717) is 5.78 Å². The SMILES string of the molecule is CC.CCN(C)c1c(C)c(C)nc2ncnn12. The van der Waals surface area contributed by atoms with E-state index in [1.165, 1.54) is 6.33 Å². The molecule has 0 atom stereocenters. The first kappa shape index (κ1) is 13.4. The smallest absolute Gasteiger partial charge is 0.254 e. The monoisotopic (exact) mass is 235 g/mol. The molecule has 0 aliphatic heterocycles. The molecule has 2 aromatic rings. The van der Waals surface area contributed by atoms with Crippen LogP contribution in [0.4, 0.5) is 5.82 Å². The molecule has 0 amide bonds. The highest BCUT2D eigenvalue weighted by atomic mass is 15.4. The second-order valence-electron chi connectivity index (χ2n) is 3.63. The van der Waals surface area contributed by atoms with E-state index in [4.69, 9.17) is 0 Å². The Kier molecular flexibility index (Phi) is 4.43. The van der Waals surface area contributed by atoms with Crippen LogP contribution in [0.15, 0.2) is 6.33 Å². The molecule has 0 unspecified atom stereocenters. The number of aryl methyl sites for hydroxylation is 1. The largest absolute Gasteiger partial charge is 0.360 e. The fraction of sp³-hybridized carbons (Fsp3) is 0.583. The summed E-state index contributed by atoms with van der Waals surface area (Å²) in [6.07, 6.45) is 1.54. The van der Waals surface area contributed by atoms with E-state index in [9.17, 15) is 0 Å². The predicted octanol–water partition coefficient (Wildman–Crippen LogP) is 2.22. The maximum absolute atomic E-state index is 4.38. The van der Waals surface area contributed by atoms with Crippen LogP contribution in [0.1, 0.15) is 32.0 Å². The Morgan fingerprint density at radius 3 is 2.53 bits per heavy atom. The summed E-state index contributed by atoms with van der Waals surface area (Å²) < 4.78 is 1.78. The van der Waals surface area contributed by atoms with Crippen molar-refractivity contribution < 1.29 is 0 Å². The summed E-state index contributed by atoms with van der Waals surface area (Å²) in [6, 6.07) is 0. The van der Waals surface area contributed by atoms with Crippen LogP contribution in [0.2, 0.25) is 0 Å². The van der Waals surface area contributed by atoms with E-state index >= 15 is 0 Å². The second-order valence-corrected chi connectivity index (χ2v) is 3.63. The Bertz CT molecular complexity index is 489. The number of anilines is 1. The van der Waals surface area contributed by atoms with Crippen LogP contribution >= 0.6 is 0 Å². The van der Waals surface area contributed by atoms with Gasteiger partial charge in [-0.15, -0.1) is 0 Å². The zero-order valence-electron chi connectivity index (χ0n) is 11.5. The van der Waals surface area contributed by atoms with Crippen LogP contribution in [0.5, 0.6) is 0 Å². The molecule has 0 bridgehead atoms. The van der Waals surface area contributed by atoms with Crippen molar-refractivity contribution in [2.24, 2.45) is 0 Å². The number of hydrogen-bond donors (Lipinski definition) is 0. The Balaban J connectivity index is 0.000000686. The van der Waals surface area contributed by atoms with Gasteiger partial charge in [-0.1, -0.05) is 13.8 Å². The Labute approximate surface area is 102 Å². The van der Waals surface area contributed by atoms with E-state index in [0.717, 1.165) is 23.6 Å². The minimum atomic E-state index is 0.661. The number of fused-ring (bicyclic) bond motifs is 1. The molecule has 0 spiro atoms. The summed E-state index contributed by atoms with van der Waals surface area (Å²) in [5.41, 5.74) is 2.16. The molecule has 0 aliphatic rings. The molecule has 0 radical (unpaired) electrons. The zero-order chi connectivity index (χ0) is 13.0. The van der Waals surface area contributed by atoms with Gasteiger partial charge in [0.2, 0.25) is 0 Å². The molecular weight excluding hydrogens is 214 g/mol. The van der Waals surface area contributed by atoms with Crippen molar-refractivity contribution in [3.63, 3.8) is 0 Å². The number of rotatable bonds is 2. The predicted molar refractivity (Wildman–Crippen MR) is 70.5 cm³/mol. The fourth-order valence-corrected chi connectivity index (χ4v) is 1.61. The third-order valence-corrected chi connectivity index (χ3v) is 2.71. The van der Waals surface area contributed by atoms with Gasteiger partial charge < -0.3 is 4.90 Å². The van der Waals surface area contributed by atoms with E-state index in [1.807, 2.05) is 27.8 Å². The second kappa shape index (κ2) is 5.61. The lowest BCUT2D eigenvalue weighted by Crippen LogP contribution is -2.21. The molecule has 94 valence electrons. The average molecular weight is 235 g/mol. The first-order valence-corrected chi connectivity index (χ1v) is 6.03. The Hall–Kier alpha value is -1.65. The molecule has 0 saturated carbocycles. The van der Waals surface area contributed by atoms with E-state index in [1.54, 1.807) is 4.52 Å². The number of hydrogen-bond acceptors (Lipinski definition) is 4. The van der Waals surface area contributed by atoms with Crippen LogP contribution in [0.25, 0.3) is 5.78 Å². The normalized spacial score (nSPS) is 10.0. The van der Waals surface area contributed by atoms with Gasteiger partial charge in [0.05, 0.1) is 0 Å². The quantitative estimate of drug-likeness (QED) is 0.800. The summed E-state index contributed by atoms with van der Waals surface area (Å²) in [4.78, 5) is 10.6. The van der Waals surface area contributed by atoms with E-state index in [2.05, 4.69) is 33.8 Å². The molecule has 2 heterocycles. The van der Waals surface area contributed by atoms with Gasteiger partial charge in [-0.3, -0.25) is 0 Å². The van der Waals surface area contributed by atoms with Gasteiger partial charge in [-0.2, -0.15) is 14.6 Å². The molecule has 0 saturated heterocycles. The lowest BCUT2D eigenvalue weighted by molar-refractivity contribution is 0.837. The summed E-state index contributed by atoms with van der Waals surface area (Å²) in [5, 5.41) is 4.19. The van der Waals surface area contributed by atoms with Crippen molar-refractivity contribution in [1.29, 1.82) is 0 Å². The maximum atomic E-state index is 4.38. The van der Waals surface area contributed by atoms with Gasteiger partial charge in [0.25, 0.3) is 5.78 Å². The minimum absolute atomic E-state index is 0.661. The number of aromatic nitrogens is 4. The van der Waals surface area contributed by atoms with Crippen molar-refractivity contribution in [2.45, 2.75) is 34.6 Å². The fourth-order valence-electron chi connectivity index (χ4n) is 1.61. The zero-order valence-corrected chi connectivity index (χ0v) is 11.5. The highest BCUT2D eigenvalue weighted by molar-refractivity contribution is 5.53. The van der Waals surface area contributed by atoms with Gasteiger partial charge in [0.15, 0.2) is 0 Å². The van der Waals surface area contributed by atoms with Crippen molar-refractivity contribution >= 4 is 11.6 Å². The lowest BCUT2D eigenvalue weighted by Gasteiger charge is -2.20. The molecule has 2 rings (SSSR count). The van der Waals surface area contributed by atoms with Gasteiger partial charge >= 0.3 is 0 Å². The highest BCUT2D eigenvalue weighted by Crippen LogP contribution is 2.20. The molecule has 17 heavy (non-hydrogen) atoms. The molecule has 0 N–H and O–H groups in total. The first-order valence-electron chi connectivity index (χ1n) is 6.03. The highest BCUT2D eigenvalue weighted by Gasteiger charge is 2.13. The topological polar surface area (TPSA) is 46.3 Å². The number of nitrogens with zero attached hydrogens (tertiary/aromatic N) is 5. The Morgan fingerprint density at radius 2 is 1.94 bits per heavy atom. The molecular formula is C12H21N5. The summed E-state index contributed by atoms with van der Waals surface area (Å²) >= 11 is 0. The van der Waals surface area contributed by atoms with Crippen LogP contribution in [0.3, 0.4) is 0 Å². The van der Waals surface area contributed by atoms with E-state index < -0.39 is 0 Å². The molecule has 0 fully saturated rings. The average Bonchev–Trinajstić information content (AvgIpc) is 2.80. The summed E-state index contributed by atoms with van der Waals surface area (Å²) in [6.45, 7) is 11.1. The molecule has 5 nitrogen and oxygen atoms in total. The molecule has 5 heteroatoms. The van der Waals surface area contributed by atoms with Crippen LogP contribution < -0.4 is 4.90 Å². The third-order valence-electron chi connectivity index (χ3n) is 2.71. The van der Waals surface area contributed by atoms with Crippen molar-refractivity contribution in [3.05, 3.63) is 17.6 Å². The minimum Gasteiger partial charge on any atom is -0.360 e. The standard InChI is InChI=1S/C10H15N5.C2H6/c1-5-14(4)9-7(2)8(3)13-10-11-6-12-15(9)10;1-2/h6H,5H2,1-4H3;1-2H3. The van der Waals surface area contributed by atoms with Gasteiger partial charge in [0, 0.05) is 24.8 Å². The van der Waals surface area contributed by atoms with Crippen molar-refractivity contribution in [3.8, 4) is 0 Å². The van der Waals surface area contributed by atoms with Gasteiger partial charge in [0.1, 0.15) is 12.1 Å². The molecule has 0 aliphatic carbocycles. The summed E-state index contributed by atoms with van der Waals surface area (Å²) in [7, 11) is 2.04. The lowest BCUT2D eigenvalue weighted by atomic mass is 10.2. The van der Waals surface area contributed by atoms with E-state index in [-0.39, 0.29) is 0 Å². The first-order chi connectivity index (χ1) is 8.15. The van der Waals surface area contributed by atoms with Gasteiger partial charge in [-0.25, -0.2) is 4.98 Å². The third kappa shape index (κ3) is 2.38. The summed E-state index contributed by atoms with van der Waals surface area (Å²) in [5.74, 6) is 1.73. The van der Waals surface area contributed by atoms with Gasteiger partial charge in [-0.05, 0) is 20.8 Å².